The molecule has 0 atom stereocenters. The lowest BCUT2D eigenvalue weighted by Crippen LogP contribution is -2.30. The van der Waals surface area contributed by atoms with Gasteiger partial charge in [0, 0.05) is 28.4 Å². The maximum absolute atomic E-state index is 12.7. The lowest BCUT2D eigenvalue weighted by molar-refractivity contribution is 0.212. The molecular weight excluding hydrogens is 342 g/mol. The van der Waals surface area contributed by atoms with Crippen molar-refractivity contribution in [1.29, 1.82) is 0 Å². The zero-order valence-electron chi connectivity index (χ0n) is 15.6. The molecule has 7 heteroatoms. The van der Waals surface area contributed by atoms with Crippen molar-refractivity contribution < 1.29 is 9.21 Å². The van der Waals surface area contributed by atoms with Gasteiger partial charge in [0.15, 0.2) is 12.2 Å². The molecule has 4 rings (SSSR count). The first-order chi connectivity index (χ1) is 12.9. The van der Waals surface area contributed by atoms with Crippen LogP contribution in [0.5, 0.6) is 0 Å². The van der Waals surface area contributed by atoms with Crippen LogP contribution in [0.2, 0.25) is 0 Å². The summed E-state index contributed by atoms with van der Waals surface area (Å²) in [7, 11) is 0. The Morgan fingerprint density at radius 3 is 2.81 bits per heavy atom. The van der Waals surface area contributed by atoms with Crippen molar-refractivity contribution in [2.24, 2.45) is 0 Å². The summed E-state index contributed by atoms with van der Waals surface area (Å²) in [5.41, 5.74) is 3.35. The third-order valence-electron chi connectivity index (χ3n) is 4.44. The number of hydrogen-bond acceptors (Lipinski definition) is 5. The van der Waals surface area contributed by atoms with E-state index in [-0.39, 0.29) is 11.4 Å². The molecule has 1 aliphatic rings. The van der Waals surface area contributed by atoms with Gasteiger partial charge in [-0.05, 0) is 12.1 Å². The largest absolute Gasteiger partial charge is 0.444 e. The van der Waals surface area contributed by atoms with Gasteiger partial charge in [-0.2, -0.15) is 0 Å². The summed E-state index contributed by atoms with van der Waals surface area (Å²) in [6.45, 7) is 7.23. The number of oxazole rings is 1. The Kier molecular flexibility index (Phi) is 4.14. The number of hydrogen-bond donors (Lipinski definition) is 1. The van der Waals surface area contributed by atoms with Gasteiger partial charge < -0.3 is 14.6 Å². The van der Waals surface area contributed by atoms with Gasteiger partial charge >= 0.3 is 6.03 Å². The summed E-state index contributed by atoms with van der Waals surface area (Å²) in [6, 6.07) is 7.32. The average Bonchev–Trinajstić information content (AvgIpc) is 3.30. The number of aromatic nitrogens is 3. The highest BCUT2D eigenvalue weighted by Crippen LogP contribution is 2.26. The predicted molar refractivity (Wildman–Crippen MR) is 101 cm³/mol. The Labute approximate surface area is 157 Å². The molecule has 0 bridgehead atoms. The number of carbonyl (C=O) groups excluding carboxylic acids is 1. The van der Waals surface area contributed by atoms with Gasteiger partial charge in [0.2, 0.25) is 0 Å². The molecule has 2 amide bonds. The number of carbonyl (C=O) groups is 1. The van der Waals surface area contributed by atoms with Crippen molar-refractivity contribution in [3.05, 3.63) is 60.1 Å². The van der Waals surface area contributed by atoms with Gasteiger partial charge in [-0.25, -0.2) is 19.7 Å². The summed E-state index contributed by atoms with van der Waals surface area (Å²) in [5.74, 6) is 1.45. The number of fused-ring (bicyclic) bond motifs is 1. The van der Waals surface area contributed by atoms with Crippen LogP contribution < -0.4 is 5.32 Å². The molecule has 0 fully saturated rings. The van der Waals surface area contributed by atoms with Gasteiger partial charge in [0.05, 0.1) is 25.0 Å². The zero-order valence-corrected chi connectivity index (χ0v) is 15.6. The van der Waals surface area contributed by atoms with E-state index >= 15 is 0 Å². The first-order valence-corrected chi connectivity index (χ1v) is 8.80. The lowest BCUT2D eigenvalue weighted by atomic mass is 9.95. The lowest BCUT2D eigenvalue weighted by Gasteiger charge is -2.17. The molecule has 0 saturated heterocycles. The Bertz CT molecular complexity index is 976. The van der Waals surface area contributed by atoms with E-state index in [1.54, 1.807) is 11.1 Å². The minimum absolute atomic E-state index is 0.119. The second-order valence-corrected chi connectivity index (χ2v) is 7.65. The smallest absolute Gasteiger partial charge is 0.322 e. The van der Waals surface area contributed by atoms with E-state index in [2.05, 4.69) is 41.0 Å². The van der Waals surface area contributed by atoms with Crippen molar-refractivity contribution in [2.75, 3.05) is 5.32 Å². The Morgan fingerprint density at radius 2 is 2.07 bits per heavy atom. The zero-order chi connectivity index (χ0) is 19.0. The molecule has 7 nitrogen and oxygen atoms in total. The molecule has 0 spiro atoms. The third-order valence-corrected chi connectivity index (χ3v) is 4.44. The number of anilines is 1. The highest BCUT2D eigenvalue weighted by molar-refractivity contribution is 5.90. The molecule has 3 aromatic rings. The maximum Gasteiger partial charge on any atom is 0.322 e. The topological polar surface area (TPSA) is 84.2 Å². The van der Waals surface area contributed by atoms with Crippen LogP contribution in [0.25, 0.3) is 11.3 Å². The van der Waals surface area contributed by atoms with Crippen LogP contribution in [-0.2, 0) is 18.5 Å². The minimum Gasteiger partial charge on any atom is -0.444 e. The summed E-state index contributed by atoms with van der Waals surface area (Å²) in [5, 5.41) is 2.94. The van der Waals surface area contributed by atoms with E-state index < -0.39 is 0 Å². The van der Waals surface area contributed by atoms with Crippen LogP contribution in [0.3, 0.4) is 0 Å². The van der Waals surface area contributed by atoms with Crippen LogP contribution in [0.4, 0.5) is 10.5 Å². The molecule has 1 aliphatic heterocycles. The molecule has 0 saturated carbocycles. The van der Waals surface area contributed by atoms with Crippen molar-refractivity contribution in [2.45, 2.75) is 39.3 Å². The van der Waals surface area contributed by atoms with Crippen molar-refractivity contribution in [3.8, 4) is 11.3 Å². The van der Waals surface area contributed by atoms with E-state index in [9.17, 15) is 4.79 Å². The van der Waals surface area contributed by atoms with Crippen molar-refractivity contribution >= 4 is 11.7 Å². The minimum atomic E-state index is -0.167. The first-order valence-electron chi connectivity index (χ1n) is 8.80. The van der Waals surface area contributed by atoms with Gasteiger partial charge in [-0.3, -0.25) is 0 Å². The summed E-state index contributed by atoms with van der Waals surface area (Å²) in [4.78, 5) is 27.5. The SMILES string of the molecule is CC(C)(C)c1ncc2c(n1)CN(C(=O)Nc1cccc(-c3cnco3)c1)C2. The molecule has 2 aromatic heterocycles. The second-order valence-electron chi connectivity index (χ2n) is 7.65. The number of nitrogens with zero attached hydrogens (tertiary/aromatic N) is 4. The molecular formula is C20H21N5O2. The quantitative estimate of drug-likeness (QED) is 0.744. The van der Waals surface area contributed by atoms with Crippen LogP contribution in [0, 0.1) is 0 Å². The number of rotatable bonds is 2. The van der Waals surface area contributed by atoms with Crippen LogP contribution in [0.15, 0.2) is 47.5 Å². The monoisotopic (exact) mass is 363 g/mol. The van der Waals surface area contributed by atoms with E-state index in [1.807, 2.05) is 30.5 Å². The third kappa shape index (κ3) is 3.53. The van der Waals surface area contributed by atoms with E-state index in [0.29, 0.717) is 24.5 Å². The van der Waals surface area contributed by atoms with Gasteiger partial charge in [0.1, 0.15) is 5.82 Å². The molecule has 27 heavy (non-hydrogen) atoms. The Morgan fingerprint density at radius 1 is 1.22 bits per heavy atom. The fraction of sp³-hybridized carbons (Fsp3) is 0.300. The van der Waals surface area contributed by atoms with E-state index in [1.165, 1.54) is 6.39 Å². The molecule has 3 heterocycles. The first kappa shape index (κ1) is 17.2. The highest BCUT2D eigenvalue weighted by atomic mass is 16.3. The van der Waals surface area contributed by atoms with Crippen LogP contribution in [-0.4, -0.2) is 25.9 Å². The fourth-order valence-electron chi connectivity index (χ4n) is 2.97. The van der Waals surface area contributed by atoms with Gasteiger partial charge in [-0.15, -0.1) is 0 Å². The Hall–Kier alpha value is -3.22. The van der Waals surface area contributed by atoms with E-state index in [4.69, 9.17) is 4.42 Å². The average molecular weight is 363 g/mol. The number of nitrogens with one attached hydrogen (secondary N) is 1. The number of benzene rings is 1. The van der Waals surface area contributed by atoms with Crippen LogP contribution in [0.1, 0.15) is 37.9 Å². The molecule has 0 radical (unpaired) electrons. The standard InChI is InChI=1S/C20H21N5O2/c1-20(2,3)18-22-8-14-10-25(11-16(14)24-18)19(26)23-15-6-4-5-13(7-15)17-9-21-12-27-17/h4-9,12H,10-11H2,1-3H3,(H,23,26). The van der Waals surface area contributed by atoms with Crippen molar-refractivity contribution in [3.63, 3.8) is 0 Å². The molecule has 138 valence electrons. The number of urea groups is 1. The molecule has 1 N–H and O–H groups in total. The summed E-state index contributed by atoms with van der Waals surface area (Å²) < 4.78 is 5.31. The fourth-order valence-corrected chi connectivity index (χ4v) is 2.97. The van der Waals surface area contributed by atoms with Crippen molar-refractivity contribution in [1.82, 2.24) is 19.9 Å². The predicted octanol–water partition coefficient (Wildman–Crippen LogP) is 3.98. The molecule has 0 unspecified atom stereocenters. The second kappa shape index (κ2) is 6.50. The molecule has 0 aliphatic carbocycles. The summed E-state index contributed by atoms with van der Waals surface area (Å²) >= 11 is 0. The Balaban J connectivity index is 1.47. The number of amides is 2. The normalized spacial score (nSPS) is 13.5. The summed E-state index contributed by atoms with van der Waals surface area (Å²) in [6.07, 6.45) is 4.86. The van der Waals surface area contributed by atoms with Gasteiger partial charge in [0.25, 0.3) is 0 Å². The maximum atomic E-state index is 12.7. The van der Waals surface area contributed by atoms with Gasteiger partial charge in [-0.1, -0.05) is 32.9 Å². The van der Waals surface area contributed by atoms with Crippen LogP contribution >= 0.6 is 0 Å². The molecule has 1 aromatic carbocycles. The highest BCUT2D eigenvalue weighted by Gasteiger charge is 2.27. The van der Waals surface area contributed by atoms with E-state index in [0.717, 1.165) is 22.6 Å².